The molecule has 0 saturated heterocycles. The van der Waals surface area contributed by atoms with Gasteiger partial charge in [-0.2, -0.15) is 0 Å². The quantitative estimate of drug-likeness (QED) is 0.603. The molecule has 0 radical (unpaired) electrons. The third-order valence-electron chi connectivity index (χ3n) is 2.11. The fraction of sp³-hybridized carbons (Fsp3) is 0.333. The predicted octanol–water partition coefficient (Wildman–Crippen LogP) is 1.37. The van der Waals surface area contributed by atoms with E-state index in [-0.39, 0.29) is 11.9 Å². The van der Waals surface area contributed by atoms with E-state index >= 15 is 0 Å². The van der Waals surface area contributed by atoms with Crippen LogP contribution in [0.3, 0.4) is 0 Å². The van der Waals surface area contributed by atoms with Crippen LogP contribution in [0, 0.1) is 0 Å². The van der Waals surface area contributed by atoms with Crippen LogP contribution in [-0.4, -0.2) is 25.5 Å². The summed E-state index contributed by atoms with van der Waals surface area (Å²) in [7, 11) is 1.35. The number of amides is 1. The maximum absolute atomic E-state index is 11.5. The molecule has 4 nitrogen and oxygen atoms in total. The Morgan fingerprint density at radius 2 is 1.94 bits per heavy atom. The van der Waals surface area contributed by atoms with Gasteiger partial charge >= 0.3 is 5.97 Å². The van der Waals surface area contributed by atoms with E-state index in [0.717, 1.165) is 0 Å². The second kappa shape index (κ2) is 6.61. The molecule has 0 heterocycles. The van der Waals surface area contributed by atoms with Crippen LogP contribution in [0.25, 0.3) is 0 Å². The molecule has 0 atom stereocenters. The Morgan fingerprint density at radius 3 is 2.56 bits per heavy atom. The summed E-state index contributed by atoms with van der Waals surface area (Å²) in [5, 5.41) is 2.73. The van der Waals surface area contributed by atoms with Gasteiger partial charge in [-0.3, -0.25) is 9.59 Å². The Kier molecular flexibility index (Phi) is 5.05. The molecule has 0 unspecified atom stereocenters. The van der Waals surface area contributed by atoms with Crippen molar-refractivity contribution in [3.8, 4) is 0 Å². The highest BCUT2D eigenvalue weighted by Gasteiger charge is 2.04. The van der Waals surface area contributed by atoms with Crippen molar-refractivity contribution >= 4 is 11.9 Å². The zero-order valence-electron chi connectivity index (χ0n) is 9.23. The van der Waals surface area contributed by atoms with Crippen LogP contribution in [0.1, 0.15) is 23.2 Å². The highest BCUT2D eigenvalue weighted by Crippen LogP contribution is 1.98. The number of hydrogen-bond acceptors (Lipinski definition) is 3. The van der Waals surface area contributed by atoms with E-state index in [9.17, 15) is 9.59 Å². The summed E-state index contributed by atoms with van der Waals surface area (Å²) < 4.78 is 4.49. The molecule has 0 bridgehead atoms. The molecule has 1 aromatic rings. The van der Waals surface area contributed by atoms with Gasteiger partial charge in [-0.25, -0.2) is 0 Å². The Balaban J connectivity index is 2.24. The van der Waals surface area contributed by atoms with Crippen molar-refractivity contribution in [2.24, 2.45) is 0 Å². The summed E-state index contributed by atoms with van der Waals surface area (Å²) >= 11 is 0. The molecule has 0 saturated carbocycles. The summed E-state index contributed by atoms with van der Waals surface area (Å²) in [4.78, 5) is 22.3. The van der Waals surface area contributed by atoms with E-state index in [1.807, 2.05) is 18.2 Å². The van der Waals surface area contributed by atoms with Crippen LogP contribution < -0.4 is 5.32 Å². The van der Waals surface area contributed by atoms with Crippen LogP contribution in [0.5, 0.6) is 0 Å². The maximum atomic E-state index is 11.5. The second-order valence-electron chi connectivity index (χ2n) is 3.30. The predicted molar refractivity (Wildman–Crippen MR) is 60.0 cm³/mol. The van der Waals surface area contributed by atoms with Gasteiger partial charge in [-0.15, -0.1) is 0 Å². The van der Waals surface area contributed by atoms with Crippen molar-refractivity contribution in [2.75, 3.05) is 13.7 Å². The van der Waals surface area contributed by atoms with Gasteiger partial charge in [0.05, 0.1) is 7.11 Å². The molecule has 86 valence electrons. The van der Waals surface area contributed by atoms with Gasteiger partial charge in [0.2, 0.25) is 0 Å². The first-order chi connectivity index (χ1) is 7.74. The number of rotatable bonds is 5. The molecular formula is C12H15NO3. The summed E-state index contributed by atoms with van der Waals surface area (Å²) in [6, 6.07) is 8.96. The molecule has 1 N–H and O–H groups in total. The third-order valence-corrected chi connectivity index (χ3v) is 2.11. The lowest BCUT2D eigenvalue weighted by Gasteiger charge is -2.04. The molecule has 1 rings (SSSR count). The first kappa shape index (κ1) is 12.2. The molecule has 1 aromatic carbocycles. The summed E-state index contributed by atoms with van der Waals surface area (Å²) in [6.45, 7) is 0.475. The van der Waals surface area contributed by atoms with E-state index in [2.05, 4.69) is 10.1 Å². The Labute approximate surface area is 94.6 Å². The standard InChI is InChI=1S/C12H15NO3/c1-16-11(14)8-5-9-13-12(15)10-6-3-2-4-7-10/h2-4,6-7H,5,8-9H2,1H3,(H,13,15). The van der Waals surface area contributed by atoms with Crippen molar-refractivity contribution in [1.82, 2.24) is 5.32 Å². The van der Waals surface area contributed by atoms with Crippen LogP contribution in [0.15, 0.2) is 30.3 Å². The number of nitrogens with one attached hydrogen (secondary N) is 1. The van der Waals surface area contributed by atoms with Gasteiger partial charge in [0, 0.05) is 18.5 Å². The number of hydrogen-bond donors (Lipinski definition) is 1. The van der Waals surface area contributed by atoms with Gasteiger partial charge in [0.1, 0.15) is 0 Å². The van der Waals surface area contributed by atoms with Crippen molar-refractivity contribution < 1.29 is 14.3 Å². The molecule has 16 heavy (non-hydrogen) atoms. The molecule has 0 fully saturated rings. The normalized spacial score (nSPS) is 9.56. The third kappa shape index (κ3) is 4.13. The minimum absolute atomic E-state index is 0.120. The lowest BCUT2D eigenvalue weighted by molar-refractivity contribution is -0.140. The van der Waals surface area contributed by atoms with Crippen LogP contribution in [0.4, 0.5) is 0 Å². The van der Waals surface area contributed by atoms with Crippen molar-refractivity contribution in [1.29, 1.82) is 0 Å². The average molecular weight is 221 g/mol. The van der Waals surface area contributed by atoms with E-state index in [1.54, 1.807) is 12.1 Å². The minimum atomic E-state index is -0.256. The largest absolute Gasteiger partial charge is 0.469 e. The molecule has 0 aliphatic carbocycles. The number of benzene rings is 1. The summed E-state index contributed by atoms with van der Waals surface area (Å²) in [5.41, 5.74) is 0.626. The summed E-state index contributed by atoms with van der Waals surface area (Å²) in [6.07, 6.45) is 0.914. The zero-order valence-corrected chi connectivity index (χ0v) is 9.23. The SMILES string of the molecule is COC(=O)CCCNC(=O)c1ccccc1. The van der Waals surface area contributed by atoms with E-state index in [4.69, 9.17) is 0 Å². The fourth-order valence-corrected chi connectivity index (χ4v) is 1.23. The van der Waals surface area contributed by atoms with E-state index in [0.29, 0.717) is 24.9 Å². The number of carbonyl (C=O) groups is 2. The molecule has 0 aromatic heterocycles. The van der Waals surface area contributed by atoms with Gasteiger partial charge in [-0.05, 0) is 18.6 Å². The topological polar surface area (TPSA) is 55.4 Å². The van der Waals surface area contributed by atoms with Crippen LogP contribution in [-0.2, 0) is 9.53 Å². The molecule has 0 spiro atoms. The Bertz CT molecular complexity index is 349. The van der Waals surface area contributed by atoms with Crippen molar-refractivity contribution in [3.63, 3.8) is 0 Å². The van der Waals surface area contributed by atoms with Crippen LogP contribution in [0.2, 0.25) is 0 Å². The van der Waals surface area contributed by atoms with Crippen molar-refractivity contribution in [3.05, 3.63) is 35.9 Å². The molecule has 0 aliphatic heterocycles. The highest BCUT2D eigenvalue weighted by molar-refractivity contribution is 5.94. The van der Waals surface area contributed by atoms with Crippen LogP contribution >= 0.6 is 0 Å². The van der Waals surface area contributed by atoms with Gasteiger partial charge in [0.15, 0.2) is 0 Å². The minimum Gasteiger partial charge on any atom is -0.469 e. The lowest BCUT2D eigenvalue weighted by atomic mass is 10.2. The number of esters is 1. The Hall–Kier alpha value is -1.84. The monoisotopic (exact) mass is 221 g/mol. The fourth-order valence-electron chi connectivity index (χ4n) is 1.23. The van der Waals surface area contributed by atoms with Gasteiger partial charge in [0.25, 0.3) is 5.91 Å². The first-order valence-corrected chi connectivity index (χ1v) is 5.14. The zero-order chi connectivity index (χ0) is 11.8. The van der Waals surface area contributed by atoms with Gasteiger partial charge < -0.3 is 10.1 Å². The summed E-state index contributed by atoms with van der Waals surface area (Å²) in [5.74, 6) is -0.376. The number of carbonyl (C=O) groups excluding carboxylic acids is 2. The second-order valence-corrected chi connectivity index (χ2v) is 3.30. The smallest absolute Gasteiger partial charge is 0.305 e. The van der Waals surface area contributed by atoms with E-state index in [1.165, 1.54) is 7.11 Å². The Morgan fingerprint density at radius 1 is 1.25 bits per heavy atom. The number of ether oxygens (including phenoxy) is 1. The van der Waals surface area contributed by atoms with Crippen molar-refractivity contribution in [2.45, 2.75) is 12.8 Å². The molecular weight excluding hydrogens is 206 g/mol. The van der Waals surface area contributed by atoms with Gasteiger partial charge in [-0.1, -0.05) is 18.2 Å². The molecule has 1 amide bonds. The maximum Gasteiger partial charge on any atom is 0.305 e. The molecule has 0 aliphatic rings. The first-order valence-electron chi connectivity index (χ1n) is 5.14. The highest BCUT2D eigenvalue weighted by atomic mass is 16.5. The van der Waals surface area contributed by atoms with E-state index < -0.39 is 0 Å². The number of methoxy groups -OCH3 is 1. The molecule has 4 heteroatoms. The average Bonchev–Trinajstić information content (AvgIpc) is 2.35. The lowest BCUT2D eigenvalue weighted by Crippen LogP contribution is -2.24.